The van der Waals surface area contributed by atoms with Crippen LogP contribution < -0.4 is 5.32 Å². The first-order valence-corrected chi connectivity index (χ1v) is 10.1. The molecule has 0 aliphatic carbocycles. The van der Waals surface area contributed by atoms with Crippen LogP contribution in [0.2, 0.25) is 4.34 Å². The van der Waals surface area contributed by atoms with E-state index in [4.69, 9.17) is 16.9 Å². The third kappa shape index (κ3) is 3.55. The minimum absolute atomic E-state index is 0.120. The molecule has 1 aliphatic heterocycles. The van der Waals surface area contributed by atoms with Crippen LogP contribution >= 0.6 is 22.9 Å². The molecule has 1 atom stereocenters. The molecule has 1 unspecified atom stereocenters. The zero-order valence-electron chi connectivity index (χ0n) is 13.0. The minimum Gasteiger partial charge on any atom is -0.323 e. The summed E-state index contributed by atoms with van der Waals surface area (Å²) in [5.74, 6) is -0.438. The highest BCUT2D eigenvalue weighted by Gasteiger charge is 2.40. The van der Waals surface area contributed by atoms with Gasteiger partial charge in [-0.2, -0.15) is 9.57 Å². The van der Waals surface area contributed by atoms with E-state index in [2.05, 4.69) is 5.32 Å². The van der Waals surface area contributed by atoms with E-state index in [1.165, 1.54) is 16.4 Å². The number of anilines is 1. The van der Waals surface area contributed by atoms with Crippen molar-refractivity contribution < 1.29 is 13.2 Å². The molecular weight excluding hydrogens is 382 g/mol. The lowest BCUT2D eigenvalue weighted by molar-refractivity contribution is -0.119. The third-order valence-corrected chi connectivity index (χ3v) is 7.53. The Hall–Kier alpha value is -1.92. The lowest BCUT2D eigenvalue weighted by Gasteiger charge is -2.22. The van der Waals surface area contributed by atoms with Gasteiger partial charge in [-0.15, -0.1) is 11.3 Å². The van der Waals surface area contributed by atoms with E-state index in [0.29, 0.717) is 28.4 Å². The minimum atomic E-state index is -3.78. The molecule has 0 bridgehead atoms. The molecule has 1 saturated heterocycles. The van der Waals surface area contributed by atoms with E-state index in [1.54, 1.807) is 24.3 Å². The Morgan fingerprint density at radius 2 is 2.08 bits per heavy atom. The summed E-state index contributed by atoms with van der Waals surface area (Å²) in [6, 6.07) is 10.8. The van der Waals surface area contributed by atoms with Crippen LogP contribution in [0.5, 0.6) is 0 Å². The van der Waals surface area contributed by atoms with E-state index >= 15 is 0 Å². The summed E-state index contributed by atoms with van der Waals surface area (Å²) >= 11 is 6.80. The Kier molecular flexibility index (Phi) is 5.11. The van der Waals surface area contributed by atoms with Crippen molar-refractivity contribution in [2.75, 3.05) is 11.9 Å². The number of benzene rings is 1. The number of carbonyl (C=O) groups excluding carboxylic acids is 1. The topological polar surface area (TPSA) is 90.3 Å². The Bertz CT molecular complexity index is 950. The van der Waals surface area contributed by atoms with Gasteiger partial charge in [-0.05, 0) is 37.1 Å². The van der Waals surface area contributed by atoms with Crippen LogP contribution in [-0.4, -0.2) is 31.2 Å². The number of carbonyl (C=O) groups is 1. The van der Waals surface area contributed by atoms with Crippen molar-refractivity contribution in [3.05, 3.63) is 46.3 Å². The van der Waals surface area contributed by atoms with Crippen molar-refractivity contribution in [1.82, 2.24) is 4.31 Å². The highest BCUT2D eigenvalue weighted by molar-refractivity contribution is 7.91. The number of sulfonamides is 1. The molecule has 1 aliphatic rings. The molecule has 1 amide bonds. The number of nitriles is 1. The number of hydrogen-bond acceptors (Lipinski definition) is 5. The summed E-state index contributed by atoms with van der Waals surface area (Å²) in [6.07, 6.45) is 1.02. The molecule has 25 heavy (non-hydrogen) atoms. The Morgan fingerprint density at radius 3 is 2.76 bits per heavy atom. The Balaban J connectivity index is 1.84. The van der Waals surface area contributed by atoms with Gasteiger partial charge >= 0.3 is 0 Å². The molecule has 1 aromatic heterocycles. The fourth-order valence-corrected chi connectivity index (χ4v) is 6.02. The predicted octanol–water partition coefficient (Wildman–Crippen LogP) is 3.06. The van der Waals surface area contributed by atoms with Gasteiger partial charge in [0.15, 0.2) is 0 Å². The zero-order chi connectivity index (χ0) is 18.0. The summed E-state index contributed by atoms with van der Waals surface area (Å²) in [6.45, 7) is 0.274. The second-order valence-corrected chi connectivity index (χ2v) is 9.31. The average molecular weight is 396 g/mol. The third-order valence-electron chi connectivity index (χ3n) is 3.92. The normalized spacial score (nSPS) is 18.0. The van der Waals surface area contributed by atoms with Gasteiger partial charge in [0.25, 0.3) is 10.0 Å². The lowest BCUT2D eigenvalue weighted by Crippen LogP contribution is -2.42. The smallest absolute Gasteiger partial charge is 0.253 e. The highest BCUT2D eigenvalue weighted by Crippen LogP contribution is 2.32. The van der Waals surface area contributed by atoms with Crippen molar-refractivity contribution in [2.24, 2.45) is 0 Å². The highest BCUT2D eigenvalue weighted by atomic mass is 35.5. The molecule has 0 radical (unpaired) electrons. The molecule has 1 aromatic carbocycles. The second kappa shape index (κ2) is 7.14. The molecule has 2 aromatic rings. The first-order valence-electron chi connectivity index (χ1n) is 7.50. The summed E-state index contributed by atoms with van der Waals surface area (Å²) in [5, 5.41) is 11.8. The lowest BCUT2D eigenvalue weighted by atomic mass is 10.1. The van der Waals surface area contributed by atoms with Crippen molar-refractivity contribution >= 4 is 44.6 Å². The van der Waals surface area contributed by atoms with Gasteiger partial charge in [0, 0.05) is 6.54 Å². The standard InChI is InChI=1S/C16H14ClN3O3S2/c17-14-7-8-15(24-14)25(22,23)20-9-3-6-13(20)16(21)19-12-5-2-1-4-11(12)10-18/h1-2,4-5,7-8,13H,3,6,9H2,(H,19,21). The second-order valence-electron chi connectivity index (χ2n) is 5.48. The monoisotopic (exact) mass is 395 g/mol. The van der Waals surface area contributed by atoms with E-state index in [0.717, 1.165) is 11.3 Å². The number of para-hydroxylation sites is 1. The number of halogens is 1. The fourth-order valence-electron chi connectivity index (χ4n) is 2.75. The molecule has 6 nitrogen and oxygen atoms in total. The van der Waals surface area contributed by atoms with Crippen molar-refractivity contribution in [1.29, 1.82) is 5.26 Å². The maximum atomic E-state index is 12.8. The number of thiophene rings is 1. The number of nitrogens with zero attached hydrogens (tertiary/aromatic N) is 2. The van der Waals surface area contributed by atoms with E-state index in [1.807, 2.05) is 6.07 Å². The summed E-state index contributed by atoms with van der Waals surface area (Å²) in [5.41, 5.74) is 0.701. The fraction of sp³-hybridized carbons (Fsp3) is 0.250. The molecule has 1 N–H and O–H groups in total. The van der Waals surface area contributed by atoms with Crippen LogP contribution in [0.25, 0.3) is 0 Å². The van der Waals surface area contributed by atoms with E-state index in [9.17, 15) is 13.2 Å². The van der Waals surface area contributed by atoms with Gasteiger partial charge in [-0.25, -0.2) is 8.42 Å². The quantitative estimate of drug-likeness (QED) is 0.861. The molecule has 0 saturated carbocycles. The number of hydrogen-bond donors (Lipinski definition) is 1. The van der Waals surface area contributed by atoms with Gasteiger partial charge < -0.3 is 5.32 Å². The molecule has 3 rings (SSSR count). The maximum Gasteiger partial charge on any atom is 0.253 e. The summed E-state index contributed by atoms with van der Waals surface area (Å²) < 4.78 is 27.3. The molecule has 1 fully saturated rings. The first-order chi connectivity index (χ1) is 11.9. The first kappa shape index (κ1) is 17.9. The van der Waals surface area contributed by atoms with Gasteiger partial charge in [0.05, 0.1) is 15.6 Å². The van der Waals surface area contributed by atoms with Crippen LogP contribution in [0.4, 0.5) is 5.69 Å². The molecule has 2 heterocycles. The van der Waals surface area contributed by atoms with Gasteiger partial charge in [-0.3, -0.25) is 4.79 Å². The van der Waals surface area contributed by atoms with Crippen LogP contribution in [-0.2, 0) is 14.8 Å². The summed E-state index contributed by atoms with van der Waals surface area (Å²) in [7, 11) is -3.78. The van der Waals surface area contributed by atoms with Crippen LogP contribution in [0.3, 0.4) is 0 Å². The van der Waals surface area contributed by atoms with Gasteiger partial charge in [0.1, 0.15) is 16.3 Å². The van der Waals surface area contributed by atoms with E-state index in [-0.39, 0.29) is 10.8 Å². The number of rotatable bonds is 4. The van der Waals surface area contributed by atoms with Gasteiger partial charge in [0.2, 0.25) is 5.91 Å². The Morgan fingerprint density at radius 1 is 1.32 bits per heavy atom. The van der Waals surface area contributed by atoms with Crippen molar-refractivity contribution in [2.45, 2.75) is 23.1 Å². The molecule has 0 spiro atoms. The molecule has 130 valence electrons. The van der Waals surface area contributed by atoms with E-state index < -0.39 is 22.0 Å². The number of nitrogens with one attached hydrogen (secondary N) is 1. The predicted molar refractivity (Wildman–Crippen MR) is 96.0 cm³/mol. The van der Waals surface area contributed by atoms with Crippen LogP contribution in [0.1, 0.15) is 18.4 Å². The Labute approximate surface area is 154 Å². The van der Waals surface area contributed by atoms with Crippen molar-refractivity contribution in [3.8, 4) is 6.07 Å². The average Bonchev–Trinajstić information content (AvgIpc) is 3.24. The summed E-state index contributed by atoms with van der Waals surface area (Å²) in [4.78, 5) is 12.6. The molecular formula is C16H14ClN3O3S2. The SMILES string of the molecule is N#Cc1ccccc1NC(=O)C1CCCN1S(=O)(=O)c1ccc(Cl)s1. The zero-order valence-corrected chi connectivity index (χ0v) is 15.4. The largest absolute Gasteiger partial charge is 0.323 e. The van der Waals surface area contributed by atoms with Crippen LogP contribution in [0.15, 0.2) is 40.6 Å². The van der Waals surface area contributed by atoms with Crippen LogP contribution in [0, 0.1) is 11.3 Å². The molecule has 9 heteroatoms. The van der Waals surface area contributed by atoms with Crippen molar-refractivity contribution in [3.63, 3.8) is 0 Å². The van der Waals surface area contributed by atoms with Gasteiger partial charge in [-0.1, -0.05) is 23.7 Å². The maximum absolute atomic E-state index is 12.8. The number of amides is 1.